The molecule has 0 radical (unpaired) electrons. The SMILES string of the molecule is Cc1ccc(C)c(S(=O)c2ccc(-c3cnc(-c4ccccc4)n3C)cc2)c1. The topological polar surface area (TPSA) is 34.9 Å². The molecular formula is C24H22N2OS. The van der Waals surface area contributed by atoms with E-state index in [4.69, 9.17) is 0 Å². The van der Waals surface area contributed by atoms with E-state index in [1.165, 1.54) is 0 Å². The summed E-state index contributed by atoms with van der Waals surface area (Å²) < 4.78 is 15.1. The molecule has 4 heteroatoms. The Balaban J connectivity index is 1.65. The Kier molecular flexibility index (Phi) is 4.97. The molecule has 1 heterocycles. The molecule has 0 aliphatic heterocycles. The fourth-order valence-electron chi connectivity index (χ4n) is 3.32. The van der Waals surface area contributed by atoms with Gasteiger partial charge in [0.25, 0.3) is 0 Å². The fraction of sp³-hybridized carbons (Fsp3) is 0.125. The largest absolute Gasteiger partial charge is 0.327 e. The van der Waals surface area contributed by atoms with Gasteiger partial charge in [-0.2, -0.15) is 0 Å². The van der Waals surface area contributed by atoms with Crippen molar-refractivity contribution in [2.75, 3.05) is 0 Å². The smallest absolute Gasteiger partial charge is 0.140 e. The summed E-state index contributed by atoms with van der Waals surface area (Å²) in [6.07, 6.45) is 1.89. The molecular weight excluding hydrogens is 364 g/mol. The lowest BCUT2D eigenvalue weighted by Crippen LogP contribution is -1.98. The van der Waals surface area contributed by atoms with Crippen LogP contribution in [0.3, 0.4) is 0 Å². The van der Waals surface area contributed by atoms with Crippen molar-refractivity contribution in [3.8, 4) is 22.6 Å². The lowest BCUT2D eigenvalue weighted by molar-refractivity contribution is 0.682. The van der Waals surface area contributed by atoms with Crippen molar-refractivity contribution in [2.45, 2.75) is 23.6 Å². The number of hydrogen-bond donors (Lipinski definition) is 0. The van der Waals surface area contributed by atoms with Crippen LogP contribution in [0.4, 0.5) is 0 Å². The number of nitrogens with zero attached hydrogens (tertiary/aromatic N) is 2. The molecule has 0 aliphatic carbocycles. The predicted molar refractivity (Wildman–Crippen MR) is 115 cm³/mol. The van der Waals surface area contributed by atoms with Gasteiger partial charge in [-0.05, 0) is 48.7 Å². The Morgan fingerprint density at radius 2 is 1.57 bits per heavy atom. The molecule has 1 unspecified atom stereocenters. The molecule has 4 aromatic rings. The third-order valence-corrected chi connectivity index (χ3v) is 6.47. The van der Waals surface area contributed by atoms with Crippen molar-refractivity contribution >= 4 is 10.8 Å². The molecule has 1 aromatic heterocycles. The van der Waals surface area contributed by atoms with Gasteiger partial charge in [-0.1, -0.05) is 54.6 Å². The van der Waals surface area contributed by atoms with Crippen LogP contribution in [0.5, 0.6) is 0 Å². The average Bonchev–Trinajstić information content (AvgIpc) is 3.11. The molecule has 4 rings (SSSR count). The monoisotopic (exact) mass is 386 g/mol. The van der Waals surface area contributed by atoms with Crippen molar-refractivity contribution in [1.29, 1.82) is 0 Å². The van der Waals surface area contributed by atoms with Crippen LogP contribution in [-0.2, 0) is 17.8 Å². The molecule has 0 bridgehead atoms. The number of hydrogen-bond acceptors (Lipinski definition) is 2. The molecule has 0 aliphatic rings. The molecule has 1 atom stereocenters. The van der Waals surface area contributed by atoms with E-state index >= 15 is 0 Å². The summed E-state index contributed by atoms with van der Waals surface area (Å²) in [5.74, 6) is 0.929. The van der Waals surface area contributed by atoms with Crippen LogP contribution in [0.25, 0.3) is 22.6 Å². The van der Waals surface area contributed by atoms with Crippen LogP contribution >= 0.6 is 0 Å². The second-order valence-corrected chi connectivity index (χ2v) is 8.40. The molecule has 0 amide bonds. The highest BCUT2D eigenvalue weighted by atomic mass is 32.2. The van der Waals surface area contributed by atoms with Gasteiger partial charge in [0.15, 0.2) is 0 Å². The Morgan fingerprint density at radius 3 is 2.29 bits per heavy atom. The van der Waals surface area contributed by atoms with E-state index in [2.05, 4.69) is 21.7 Å². The molecule has 140 valence electrons. The van der Waals surface area contributed by atoms with Gasteiger partial charge in [-0.25, -0.2) is 9.19 Å². The van der Waals surface area contributed by atoms with Gasteiger partial charge in [0.05, 0.1) is 22.7 Å². The van der Waals surface area contributed by atoms with E-state index in [-0.39, 0.29) is 0 Å². The average molecular weight is 387 g/mol. The Bertz CT molecular complexity index is 1150. The zero-order valence-corrected chi connectivity index (χ0v) is 17.0. The summed E-state index contributed by atoms with van der Waals surface area (Å²) in [6.45, 7) is 4.03. The molecule has 28 heavy (non-hydrogen) atoms. The standard InChI is InChI=1S/C24H22N2OS/c1-17-9-10-18(2)23(15-17)28(27)21-13-11-19(12-14-21)22-16-25-24(26(22)3)20-7-5-4-6-8-20/h4-16H,1-3H3. The number of rotatable bonds is 4. The van der Waals surface area contributed by atoms with Crippen LogP contribution < -0.4 is 0 Å². The van der Waals surface area contributed by atoms with E-state index in [0.717, 1.165) is 43.6 Å². The van der Waals surface area contributed by atoms with E-state index in [9.17, 15) is 4.21 Å². The quantitative estimate of drug-likeness (QED) is 0.462. The molecule has 0 N–H and O–H groups in total. The van der Waals surface area contributed by atoms with Crippen molar-refractivity contribution in [3.63, 3.8) is 0 Å². The first-order valence-corrected chi connectivity index (χ1v) is 10.4. The summed E-state index contributed by atoms with van der Waals surface area (Å²) in [6, 6.07) is 24.2. The van der Waals surface area contributed by atoms with Crippen LogP contribution in [-0.4, -0.2) is 13.8 Å². The second kappa shape index (κ2) is 7.56. The zero-order valence-electron chi connectivity index (χ0n) is 16.2. The summed E-state index contributed by atoms with van der Waals surface area (Å²) in [5.41, 5.74) is 5.34. The number of aryl methyl sites for hydroxylation is 2. The maximum atomic E-state index is 13.0. The summed E-state index contributed by atoms with van der Waals surface area (Å²) in [7, 11) is 0.835. The van der Waals surface area contributed by atoms with E-state index in [0.29, 0.717) is 0 Å². The van der Waals surface area contributed by atoms with Gasteiger partial charge in [0, 0.05) is 22.4 Å². The van der Waals surface area contributed by atoms with Gasteiger partial charge in [-0.15, -0.1) is 0 Å². The molecule has 3 aromatic carbocycles. The molecule has 0 saturated heterocycles. The summed E-state index contributed by atoms with van der Waals surface area (Å²) >= 11 is 0. The van der Waals surface area contributed by atoms with Crippen LogP contribution in [0.15, 0.2) is 88.8 Å². The highest BCUT2D eigenvalue weighted by Gasteiger charge is 2.13. The third-order valence-electron chi connectivity index (χ3n) is 4.93. The van der Waals surface area contributed by atoms with Crippen molar-refractivity contribution in [3.05, 3.63) is 90.1 Å². The van der Waals surface area contributed by atoms with Gasteiger partial charge in [0.1, 0.15) is 5.82 Å². The van der Waals surface area contributed by atoms with E-state index in [1.54, 1.807) is 0 Å². The summed E-state index contributed by atoms with van der Waals surface area (Å²) in [5, 5.41) is 0. The number of benzene rings is 3. The normalized spacial score (nSPS) is 12.1. The summed E-state index contributed by atoms with van der Waals surface area (Å²) in [4.78, 5) is 6.27. The fourth-order valence-corrected chi connectivity index (χ4v) is 4.61. The van der Waals surface area contributed by atoms with Crippen LogP contribution in [0, 0.1) is 13.8 Å². The highest BCUT2D eigenvalue weighted by molar-refractivity contribution is 7.85. The van der Waals surface area contributed by atoms with Gasteiger partial charge >= 0.3 is 0 Å². The first-order chi connectivity index (χ1) is 13.5. The Labute approximate surface area is 168 Å². The molecule has 0 saturated carbocycles. The Hall–Kier alpha value is -2.98. The van der Waals surface area contributed by atoms with Crippen LogP contribution in [0.1, 0.15) is 11.1 Å². The molecule has 0 spiro atoms. The van der Waals surface area contributed by atoms with Crippen molar-refractivity contribution in [2.24, 2.45) is 7.05 Å². The number of aromatic nitrogens is 2. The van der Waals surface area contributed by atoms with Gasteiger partial charge < -0.3 is 4.57 Å². The van der Waals surface area contributed by atoms with Crippen molar-refractivity contribution < 1.29 is 4.21 Å². The van der Waals surface area contributed by atoms with Crippen LogP contribution in [0.2, 0.25) is 0 Å². The maximum absolute atomic E-state index is 13.0. The first-order valence-electron chi connectivity index (χ1n) is 9.21. The predicted octanol–water partition coefficient (Wildman–Crippen LogP) is 5.54. The minimum absolute atomic E-state index is 0.808. The minimum atomic E-state index is -1.19. The third kappa shape index (κ3) is 3.43. The molecule has 0 fully saturated rings. The van der Waals surface area contributed by atoms with E-state index < -0.39 is 10.8 Å². The van der Waals surface area contributed by atoms with Gasteiger partial charge in [0.2, 0.25) is 0 Å². The number of imidazole rings is 1. The lowest BCUT2D eigenvalue weighted by Gasteiger charge is -2.09. The Morgan fingerprint density at radius 1 is 0.857 bits per heavy atom. The highest BCUT2D eigenvalue weighted by Crippen LogP contribution is 2.27. The van der Waals surface area contributed by atoms with Crippen molar-refractivity contribution in [1.82, 2.24) is 9.55 Å². The van der Waals surface area contributed by atoms with Gasteiger partial charge in [-0.3, -0.25) is 0 Å². The lowest BCUT2D eigenvalue weighted by atomic mass is 10.1. The molecule has 3 nitrogen and oxygen atoms in total. The minimum Gasteiger partial charge on any atom is -0.327 e. The van der Waals surface area contributed by atoms with E-state index in [1.807, 2.05) is 87.8 Å². The second-order valence-electron chi connectivity index (χ2n) is 6.95. The zero-order chi connectivity index (χ0) is 19.7. The first kappa shape index (κ1) is 18.4. The maximum Gasteiger partial charge on any atom is 0.140 e.